The van der Waals surface area contributed by atoms with Crippen LogP contribution in [-0.2, 0) is 0 Å². The van der Waals surface area contributed by atoms with Crippen LogP contribution in [0.4, 0.5) is 11.6 Å². The van der Waals surface area contributed by atoms with Gasteiger partial charge in [0, 0.05) is 5.39 Å². The molecule has 0 aliphatic heterocycles. The molecule has 0 bridgehead atoms. The van der Waals surface area contributed by atoms with Gasteiger partial charge < -0.3 is 15.9 Å². The van der Waals surface area contributed by atoms with Gasteiger partial charge in [-0.2, -0.15) is 5.26 Å². The minimum Gasteiger partial charge on any atom is -0.439 e. The molecule has 64 valence electrons. The molecule has 0 atom stereocenters. The Morgan fingerprint density at radius 3 is 2.77 bits per heavy atom. The van der Waals surface area contributed by atoms with E-state index in [1.807, 2.05) is 6.07 Å². The third-order valence-electron chi connectivity index (χ3n) is 1.89. The van der Waals surface area contributed by atoms with Crippen molar-refractivity contribution >= 4 is 22.5 Å². The molecule has 0 saturated heterocycles. The highest BCUT2D eigenvalue weighted by atomic mass is 16.3. The van der Waals surface area contributed by atoms with E-state index >= 15 is 0 Å². The van der Waals surface area contributed by atoms with Crippen LogP contribution in [0.25, 0.3) is 11.0 Å². The zero-order valence-electron chi connectivity index (χ0n) is 6.74. The van der Waals surface area contributed by atoms with Crippen LogP contribution in [0.3, 0.4) is 0 Å². The predicted molar refractivity (Wildman–Crippen MR) is 49.8 cm³/mol. The number of hydrogen-bond donors (Lipinski definition) is 2. The molecule has 0 fully saturated rings. The van der Waals surface area contributed by atoms with Gasteiger partial charge in [0.2, 0.25) is 5.88 Å². The average molecular weight is 173 g/mol. The highest BCUT2D eigenvalue weighted by Crippen LogP contribution is 2.30. The summed E-state index contributed by atoms with van der Waals surface area (Å²) in [7, 11) is 0. The largest absolute Gasteiger partial charge is 0.439 e. The van der Waals surface area contributed by atoms with E-state index in [4.69, 9.17) is 21.1 Å². The molecule has 0 unspecified atom stereocenters. The van der Waals surface area contributed by atoms with Crippen molar-refractivity contribution < 1.29 is 4.42 Å². The molecular formula is C9H7N3O. The molecule has 0 amide bonds. The van der Waals surface area contributed by atoms with Crippen molar-refractivity contribution in [3.63, 3.8) is 0 Å². The Morgan fingerprint density at radius 2 is 2.08 bits per heavy atom. The van der Waals surface area contributed by atoms with Gasteiger partial charge in [0.1, 0.15) is 11.3 Å². The Kier molecular flexibility index (Phi) is 1.40. The van der Waals surface area contributed by atoms with Crippen LogP contribution >= 0.6 is 0 Å². The van der Waals surface area contributed by atoms with Gasteiger partial charge in [0.05, 0.1) is 11.6 Å². The topological polar surface area (TPSA) is 89.0 Å². The first kappa shape index (κ1) is 7.50. The fourth-order valence-electron chi connectivity index (χ4n) is 1.21. The van der Waals surface area contributed by atoms with E-state index in [0.717, 1.165) is 5.39 Å². The lowest BCUT2D eigenvalue weighted by Crippen LogP contribution is -1.88. The van der Waals surface area contributed by atoms with E-state index in [9.17, 15) is 0 Å². The summed E-state index contributed by atoms with van der Waals surface area (Å²) in [4.78, 5) is 0. The van der Waals surface area contributed by atoms with Gasteiger partial charge in [-0.25, -0.2) is 0 Å². The molecule has 0 aliphatic rings. The lowest BCUT2D eigenvalue weighted by atomic mass is 10.2. The minimum absolute atomic E-state index is 0.199. The van der Waals surface area contributed by atoms with Gasteiger partial charge >= 0.3 is 0 Å². The minimum atomic E-state index is 0.199. The predicted octanol–water partition coefficient (Wildman–Crippen LogP) is 1.47. The number of nitrogen functional groups attached to an aromatic ring is 2. The highest BCUT2D eigenvalue weighted by molar-refractivity contribution is 5.95. The molecule has 13 heavy (non-hydrogen) atoms. The van der Waals surface area contributed by atoms with E-state index in [1.165, 1.54) is 0 Å². The van der Waals surface area contributed by atoms with Gasteiger partial charge in [-0.05, 0) is 18.2 Å². The third kappa shape index (κ3) is 0.983. The number of benzene rings is 1. The Balaban J connectivity index is 2.82. The lowest BCUT2D eigenvalue weighted by molar-refractivity contribution is 0.638. The molecule has 2 aromatic rings. The fraction of sp³-hybridized carbons (Fsp3) is 0. The standard InChI is InChI=1S/C9H7N3O/c10-4-5-1-2-6-7(3-5)13-9(12)8(6)11/h1-3H,11-12H2. The summed E-state index contributed by atoms with van der Waals surface area (Å²) in [5.74, 6) is 0.199. The van der Waals surface area contributed by atoms with Gasteiger partial charge in [0.15, 0.2) is 0 Å². The van der Waals surface area contributed by atoms with Crippen molar-refractivity contribution in [3.05, 3.63) is 23.8 Å². The van der Waals surface area contributed by atoms with Crippen LogP contribution < -0.4 is 11.5 Å². The number of furan rings is 1. The van der Waals surface area contributed by atoms with Crippen LogP contribution in [0.5, 0.6) is 0 Å². The number of hydrogen-bond acceptors (Lipinski definition) is 4. The van der Waals surface area contributed by atoms with Crippen molar-refractivity contribution in [3.8, 4) is 6.07 Å². The fourth-order valence-corrected chi connectivity index (χ4v) is 1.21. The summed E-state index contributed by atoms with van der Waals surface area (Å²) < 4.78 is 5.14. The Bertz CT molecular complexity index is 507. The molecular weight excluding hydrogens is 166 g/mol. The molecule has 1 aromatic carbocycles. The maximum atomic E-state index is 8.62. The van der Waals surface area contributed by atoms with E-state index < -0.39 is 0 Å². The van der Waals surface area contributed by atoms with Gasteiger partial charge in [-0.3, -0.25) is 0 Å². The smallest absolute Gasteiger partial charge is 0.214 e. The maximum Gasteiger partial charge on any atom is 0.214 e. The van der Waals surface area contributed by atoms with Crippen LogP contribution in [0, 0.1) is 11.3 Å². The maximum absolute atomic E-state index is 8.62. The monoisotopic (exact) mass is 173 g/mol. The van der Waals surface area contributed by atoms with E-state index in [2.05, 4.69) is 0 Å². The van der Waals surface area contributed by atoms with E-state index in [-0.39, 0.29) is 5.88 Å². The first-order chi connectivity index (χ1) is 6.22. The van der Waals surface area contributed by atoms with Crippen LogP contribution in [0.15, 0.2) is 22.6 Å². The van der Waals surface area contributed by atoms with Crippen molar-refractivity contribution in [1.82, 2.24) is 0 Å². The zero-order valence-corrected chi connectivity index (χ0v) is 6.74. The molecule has 0 radical (unpaired) electrons. The van der Waals surface area contributed by atoms with E-state index in [0.29, 0.717) is 16.8 Å². The number of anilines is 2. The summed E-state index contributed by atoms with van der Waals surface area (Å²) in [5, 5.41) is 9.37. The van der Waals surface area contributed by atoms with Crippen molar-refractivity contribution in [2.45, 2.75) is 0 Å². The van der Waals surface area contributed by atoms with Crippen molar-refractivity contribution in [2.24, 2.45) is 0 Å². The molecule has 4 nitrogen and oxygen atoms in total. The van der Waals surface area contributed by atoms with Gasteiger partial charge in [0.25, 0.3) is 0 Å². The normalized spacial score (nSPS) is 10.1. The van der Waals surface area contributed by atoms with Gasteiger partial charge in [-0.1, -0.05) is 0 Å². The molecule has 4 N–H and O–H groups in total. The van der Waals surface area contributed by atoms with E-state index in [1.54, 1.807) is 18.2 Å². The van der Waals surface area contributed by atoms with Crippen molar-refractivity contribution in [1.29, 1.82) is 5.26 Å². The number of nitrogens with two attached hydrogens (primary N) is 2. The molecule has 2 rings (SSSR count). The molecule has 0 aliphatic carbocycles. The van der Waals surface area contributed by atoms with Crippen LogP contribution in [0.1, 0.15) is 5.56 Å². The molecule has 0 spiro atoms. The first-order valence-electron chi connectivity index (χ1n) is 3.70. The number of rotatable bonds is 0. The molecule has 0 saturated carbocycles. The molecule has 1 aromatic heterocycles. The van der Waals surface area contributed by atoms with Gasteiger partial charge in [-0.15, -0.1) is 0 Å². The van der Waals surface area contributed by atoms with Crippen LogP contribution in [-0.4, -0.2) is 0 Å². The molecule has 4 heteroatoms. The lowest BCUT2D eigenvalue weighted by Gasteiger charge is -1.88. The van der Waals surface area contributed by atoms with Crippen LogP contribution in [0.2, 0.25) is 0 Å². The second-order valence-corrected chi connectivity index (χ2v) is 2.70. The Hall–Kier alpha value is -2.15. The number of nitriles is 1. The average Bonchev–Trinajstić information content (AvgIpc) is 2.42. The van der Waals surface area contributed by atoms with Crippen molar-refractivity contribution in [2.75, 3.05) is 11.5 Å². The summed E-state index contributed by atoms with van der Waals surface area (Å²) in [6.45, 7) is 0. The summed E-state index contributed by atoms with van der Waals surface area (Å²) in [5.41, 5.74) is 12.6. The zero-order chi connectivity index (χ0) is 9.42. The quantitative estimate of drug-likeness (QED) is 0.631. The Morgan fingerprint density at radius 1 is 1.31 bits per heavy atom. The summed E-state index contributed by atoms with van der Waals surface area (Å²) >= 11 is 0. The molecule has 1 heterocycles. The number of fused-ring (bicyclic) bond motifs is 1. The first-order valence-corrected chi connectivity index (χ1v) is 3.70. The Labute approximate surface area is 74.3 Å². The SMILES string of the molecule is N#Cc1ccc2c(N)c(N)oc2c1. The second-order valence-electron chi connectivity index (χ2n) is 2.70. The summed E-state index contributed by atoms with van der Waals surface area (Å²) in [6, 6.07) is 7.02. The number of nitrogens with zero attached hydrogens (tertiary/aromatic N) is 1. The third-order valence-corrected chi connectivity index (χ3v) is 1.89. The second kappa shape index (κ2) is 2.42. The highest BCUT2D eigenvalue weighted by Gasteiger charge is 2.08. The summed E-state index contributed by atoms with van der Waals surface area (Å²) in [6.07, 6.45) is 0.